The van der Waals surface area contributed by atoms with Crippen molar-refractivity contribution in [3.63, 3.8) is 0 Å². The third-order valence-electron chi connectivity index (χ3n) is 6.62. The number of likely N-dealkylation sites (N-methyl/N-ethyl adjacent to an activating group) is 1. The van der Waals surface area contributed by atoms with Gasteiger partial charge in [-0.25, -0.2) is 4.79 Å². The van der Waals surface area contributed by atoms with Crippen molar-refractivity contribution in [1.29, 1.82) is 0 Å². The number of ether oxygens (including phenoxy) is 3. The Morgan fingerprint density at radius 2 is 1.97 bits per heavy atom. The average Bonchev–Trinajstić information content (AvgIpc) is 2.91. The van der Waals surface area contributed by atoms with Crippen LogP contribution in [0.3, 0.4) is 0 Å². The van der Waals surface area contributed by atoms with Crippen molar-refractivity contribution in [1.82, 2.24) is 13.3 Å². The number of hydrogen-bond donors (Lipinski definition) is 1. The first-order valence-corrected chi connectivity index (χ1v) is 13.2. The Morgan fingerprint density at radius 3 is 2.57 bits per heavy atom. The van der Waals surface area contributed by atoms with Gasteiger partial charge in [0.25, 0.3) is 11.8 Å². The second-order valence-electron chi connectivity index (χ2n) is 8.84. The molecule has 10 heteroatoms. The topological polar surface area (TPSA) is 97.4 Å². The fourth-order valence-corrected chi connectivity index (χ4v) is 5.29. The number of amides is 2. The molecule has 2 aliphatic carbocycles. The molecular formula is C25H36IN3O6. The Kier molecular flexibility index (Phi) is 11.2. The van der Waals surface area contributed by atoms with E-state index in [4.69, 9.17) is 14.2 Å². The van der Waals surface area contributed by atoms with Gasteiger partial charge in [-0.3, -0.25) is 17.6 Å². The van der Waals surface area contributed by atoms with Gasteiger partial charge in [0.15, 0.2) is 0 Å². The van der Waals surface area contributed by atoms with E-state index in [2.05, 4.69) is 16.3 Å². The summed E-state index contributed by atoms with van der Waals surface area (Å²) in [6.45, 7) is 5.55. The number of halogens is 1. The van der Waals surface area contributed by atoms with Gasteiger partial charge in [-0.05, 0) is 49.7 Å². The first kappa shape index (κ1) is 27.8. The minimum atomic E-state index is -1.32. The van der Waals surface area contributed by atoms with Crippen molar-refractivity contribution in [3.8, 4) is 0 Å². The molecule has 2 amide bonds. The minimum Gasteiger partial charge on any atom is -0.467 e. The van der Waals surface area contributed by atoms with Crippen molar-refractivity contribution in [2.45, 2.75) is 50.7 Å². The lowest BCUT2D eigenvalue weighted by Crippen LogP contribution is -2.49. The monoisotopic (exact) mass is 601 g/mol. The summed E-state index contributed by atoms with van der Waals surface area (Å²) in [6, 6.07) is -1.32. The predicted octanol–water partition coefficient (Wildman–Crippen LogP) is 2.32. The Labute approximate surface area is 221 Å². The number of carbonyl (C=O) groups is 3. The van der Waals surface area contributed by atoms with Gasteiger partial charge >= 0.3 is 5.97 Å². The highest BCUT2D eigenvalue weighted by atomic mass is 127. The number of carbonyl (C=O) groups excluding carboxylic acids is 3. The SMILES string of the molecule is CNC(=O)C(C(=O)OC)N(I)C(=O)C1=CC=C(C2=CCC(OCCCN3CCOCC3)CC2)CC1. The molecule has 1 aliphatic heterocycles. The lowest BCUT2D eigenvalue weighted by Gasteiger charge is -2.28. The maximum Gasteiger partial charge on any atom is 0.339 e. The molecule has 1 N–H and O–H groups in total. The van der Waals surface area contributed by atoms with Crippen molar-refractivity contribution in [2.24, 2.45) is 0 Å². The summed E-state index contributed by atoms with van der Waals surface area (Å²) < 4.78 is 17.3. The van der Waals surface area contributed by atoms with Crippen molar-refractivity contribution in [3.05, 3.63) is 34.9 Å². The van der Waals surface area contributed by atoms with Crippen LogP contribution in [-0.2, 0) is 28.6 Å². The second kappa shape index (κ2) is 14.1. The fraction of sp³-hybridized carbons (Fsp3) is 0.640. The molecule has 1 saturated heterocycles. The van der Waals surface area contributed by atoms with E-state index < -0.39 is 17.9 Å². The van der Waals surface area contributed by atoms with Gasteiger partial charge in [0.05, 0.1) is 49.3 Å². The van der Waals surface area contributed by atoms with Crippen molar-refractivity contribution >= 4 is 40.6 Å². The number of rotatable bonds is 10. The zero-order valence-corrected chi connectivity index (χ0v) is 22.8. The molecule has 194 valence electrons. The Hall–Kier alpha value is -1.76. The summed E-state index contributed by atoms with van der Waals surface area (Å²) in [5, 5.41) is 2.41. The normalized spacial score (nSPS) is 21.8. The molecule has 3 rings (SSSR count). The molecular weight excluding hydrogens is 565 g/mol. The van der Waals surface area contributed by atoms with Gasteiger partial charge in [-0.15, -0.1) is 0 Å². The molecule has 35 heavy (non-hydrogen) atoms. The van der Waals surface area contributed by atoms with Gasteiger partial charge in [0, 0.05) is 38.9 Å². The van der Waals surface area contributed by atoms with Crippen LogP contribution in [0.4, 0.5) is 0 Å². The number of nitrogens with one attached hydrogen (secondary N) is 1. The zero-order chi connectivity index (χ0) is 25.2. The first-order valence-electron chi connectivity index (χ1n) is 12.2. The highest BCUT2D eigenvalue weighted by Crippen LogP contribution is 2.32. The van der Waals surface area contributed by atoms with E-state index in [0.717, 1.165) is 74.7 Å². The third kappa shape index (κ3) is 7.86. The van der Waals surface area contributed by atoms with Crippen LogP contribution in [0.25, 0.3) is 0 Å². The minimum absolute atomic E-state index is 0.271. The highest BCUT2D eigenvalue weighted by molar-refractivity contribution is 14.1. The molecule has 2 unspecified atom stereocenters. The quantitative estimate of drug-likeness (QED) is 0.135. The standard InChI is InChI=1S/C25H36IN3O6/c1-27-23(30)22(25(32)33-2)29(26)24(31)20-6-4-18(5-7-20)19-8-10-21(11-9-19)35-15-3-12-28-13-16-34-17-14-28/h4,6,8,21-22H,3,5,7,9-17H2,1-2H3,(H,27,30). The number of nitrogens with zero attached hydrogens (tertiary/aromatic N) is 2. The molecule has 3 aliphatic rings. The number of allylic oxidation sites excluding steroid dienone is 4. The second-order valence-corrected chi connectivity index (χ2v) is 9.88. The van der Waals surface area contributed by atoms with E-state index in [0.29, 0.717) is 12.0 Å². The molecule has 0 spiro atoms. The third-order valence-corrected chi connectivity index (χ3v) is 7.61. The zero-order valence-electron chi connectivity index (χ0n) is 20.6. The van der Waals surface area contributed by atoms with Crippen LogP contribution in [-0.4, -0.2) is 91.6 Å². The van der Waals surface area contributed by atoms with E-state index in [1.807, 2.05) is 6.08 Å². The van der Waals surface area contributed by atoms with Crippen LogP contribution in [0.1, 0.15) is 38.5 Å². The summed E-state index contributed by atoms with van der Waals surface area (Å²) in [5.74, 6) is -1.72. The van der Waals surface area contributed by atoms with Gasteiger partial charge in [-0.2, -0.15) is 0 Å². The van der Waals surface area contributed by atoms with Crippen LogP contribution < -0.4 is 5.32 Å². The molecule has 1 heterocycles. The van der Waals surface area contributed by atoms with Gasteiger partial charge in [0.1, 0.15) is 0 Å². The van der Waals surface area contributed by atoms with Crippen LogP contribution in [0.15, 0.2) is 34.9 Å². The van der Waals surface area contributed by atoms with E-state index in [-0.39, 0.29) is 12.0 Å². The van der Waals surface area contributed by atoms with Gasteiger partial charge in [0.2, 0.25) is 6.04 Å². The van der Waals surface area contributed by atoms with Crippen LogP contribution in [0.5, 0.6) is 0 Å². The Balaban J connectivity index is 1.48. The number of esters is 1. The van der Waals surface area contributed by atoms with E-state index in [1.54, 1.807) is 28.9 Å². The van der Waals surface area contributed by atoms with Crippen LogP contribution in [0.2, 0.25) is 0 Å². The smallest absolute Gasteiger partial charge is 0.339 e. The molecule has 0 aromatic heterocycles. The van der Waals surface area contributed by atoms with Crippen molar-refractivity contribution < 1.29 is 28.6 Å². The summed E-state index contributed by atoms with van der Waals surface area (Å²) in [4.78, 5) is 39.5. The predicted molar refractivity (Wildman–Crippen MR) is 140 cm³/mol. The molecule has 0 saturated carbocycles. The van der Waals surface area contributed by atoms with Gasteiger partial charge < -0.3 is 19.5 Å². The molecule has 1 fully saturated rings. The van der Waals surface area contributed by atoms with Crippen LogP contribution in [0, 0.1) is 0 Å². The highest BCUT2D eigenvalue weighted by Gasteiger charge is 2.36. The maximum atomic E-state index is 12.9. The average molecular weight is 601 g/mol. The van der Waals surface area contributed by atoms with Gasteiger partial charge in [-0.1, -0.05) is 18.2 Å². The summed E-state index contributed by atoms with van der Waals surface area (Å²) in [6.07, 6.45) is 11.6. The first-order chi connectivity index (χ1) is 16.9. The summed E-state index contributed by atoms with van der Waals surface area (Å²) in [7, 11) is 2.61. The van der Waals surface area contributed by atoms with E-state index in [9.17, 15) is 14.4 Å². The number of methoxy groups -OCH3 is 1. The molecule has 0 radical (unpaired) electrons. The molecule has 0 aromatic rings. The molecule has 2 atom stereocenters. The van der Waals surface area contributed by atoms with E-state index in [1.165, 1.54) is 25.3 Å². The fourth-order valence-electron chi connectivity index (χ4n) is 4.50. The number of morpholine rings is 1. The van der Waals surface area contributed by atoms with Crippen molar-refractivity contribution in [2.75, 3.05) is 53.6 Å². The summed E-state index contributed by atoms with van der Waals surface area (Å²) >= 11 is 1.71. The Morgan fingerprint density at radius 1 is 1.20 bits per heavy atom. The molecule has 0 bridgehead atoms. The Bertz CT molecular complexity index is 849. The lowest BCUT2D eigenvalue weighted by molar-refractivity contribution is -0.151. The van der Waals surface area contributed by atoms with Crippen LogP contribution >= 0.6 is 22.9 Å². The maximum absolute atomic E-state index is 12.9. The molecule has 9 nitrogen and oxygen atoms in total. The lowest BCUT2D eigenvalue weighted by atomic mass is 9.86. The molecule has 0 aromatic carbocycles. The van der Waals surface area contributed by atoms with E-state index >= 15 is 0 Å². The largest absolute Gasteiger partial charge is 0.467 e. The number of hydrogen-bond acceptors (Lipinski definition) is 7. The summed E-state index contributed by atoms with van der Waals surface area (Å²) in [5.41, 5.74) is 3.13.